The fourth-order valence-corrected chi connectivity index (χ4v) is 4.07. The summed E-state index contributed by atoms with van der Waals surface area (Å²) in [4.78, 5) is 0. The van der Waals surface area contributed by atoms with E-state index < -0.39 is 12.3 Å². The molecule has 0 bridgehead atoms. The lowest BCUT2D eigenvalue weighted by atomic mass is 9.89. The molecular weight excluding hydrogens is 385 g/mol. The predicted octanol–water partition coefficient (Wildman–Crippen LogP) is 7.17. The summed E-state index contributed by atoms with van der Waals surface area (Å²) >= 11 is 0. The van der Waals surface area contributed by atoms with E-state index >= 15 is 0 Å². The van der Waals surface area contributed by atoms with Crippen LogP contribution in [0.5, 0.6) is 0 Å². The second-order valence-corrected chi connectivity index (χ2v) is 8.04. The quantitative estimate of drug-likeness (QED) is 0.486. The topological polar surface area (TPSA) is 9.23 Å². The third-order valence-electron chi connectivity index (χ3n) is 6.06. The monoisotopic (exact) mass is 410 g/mol. The van der Waals surface area contributed by atoms with Crippen LogP contribution in [0.1, 0.15) is 37.0 Å². The van der Waals surface area contributed by atoms with Gasteiger partial charge in [0, 0.05) is 11.5 Å². The van der Waals surface area contributed by atoms with Crippen LogP contribution in [-0.2, 0) is 4.74 Å². The van der Waals surface area contributed by atoms with E-state index in [2.05, 4.69) is 6.58 Å². The molecule has 1 saturated heterocycles. The molecule has 1 fully saturated rings. The lowest BCUT2D eigenvalue weighted by molar-refractivity contribution is -0.00700. The molecule has 4 heteroatoms. The molecule has 4 atom stereocenters. The lowest BCUT2D eigenvalue weighted by Crippen LogP contribution is -2.22. The van der Waals surface area contributed by atoms with Gasteiger partial charge in [-0.05, 0) is 53.7 Å². The molecule has 0 aromatic heterocycles. The Bertz CT molecular complexity index is 982. The van der Waals surface area contributed by atoms with Crippen LogP contribution < -0.4 is 0 Å². The van der Waals surface area contributed by atoms with Gasteiger partial charge in [0.2, 0.25) is 0 Å². The summed E-state index contributed by atoms with van der Waals surface area (Å²) in [7, 11) is 0. The summed E-state index contributed by atoms with van der Waals surface area (Å²) in [5.74, 6) is 0.0377. The number of benzene rings is 2. The number of halogens is 3. The van der Waals surface area contributed by atoms with E-state index in [1.165, 1.54) is 6.07 Å². The van der Waals surface area contributed by atoms with E-state index in [-0.39, 0.29) is 11.9 Å². The van der Waals surface area contributed by atoms with Crippen LogP contribution in [-0.4, -0.2) is 19.0 Å². The van der Waals surface area contributed by atoms with Crippen molar-refractivity contribution in [1.82, 2.24) is 0 Å². The van der Waals surface area contributed by atoms with Crippen molar-refractivity contribution in [3.63, 3.8) is 0 Å². The molecule has 2 aliphatic rings. The Morgan fingerprint density at radius 2 is 1.63 bits per heavy atom. The smallest absolute Gasteiger partial charge is 0.161 e. The maximum atomic E-state index is 14.8. The van der Waals surface area contributed by atoms with Gasteiger partial charge in [-0.3, -0.25) is 0 Å². The molecule has 4 rings (SSSR count). The highest BCUT2D eigenvalue weighted by Gasteiger charge is 2.29. The number of ether oxygens (including phenoxy) is 1. The van der Waals surface area contributed by atoms with Crippen molar-refractivity contribution in [2.24, 2.45) is 5.92 Å². The van der Waals surface area contributed by atoms with Gasteiger partial charge in [-0.25, -0.2) is 13.2 Å². The summed E-state index contributed by atoms with van der Waals surface area (Å²) in [6, 6.07) is 12.3. The van der Waals surface area contributed by atoms with E-state index in [9.17, 15) is 13.2 Å². The molecule has 1 heterocycles. The predicted molar refractivity (Wildman–Crippen MR) is 115 cm³/mol. The Labute approximate surface area is 175 Å². The van der Waals surface area contributed by atoms with Gasteiger partial charge in [0.05, 0.1) is 12.7 Å². The number of hydrogen-bond donors (Lipinski definition) is 0. The van der Waals surface area contributed by atoms with Crippen molar-refractivity contribution >= 4 is 5.57 Å². The first-order chi connectivity index (χ1) is 14.5. The molecule has 0 spiro atoms. The molecule has 1 aliphatic carbocycles. The van der Waals surface area contributed by atoms with Gasteiger partial charge in [0.1, 0.15) is 5.82 Å². The Hall–Kier alpha value is -2.59. The minimum Gasteiger partial charge on any atom is -0.373 e. The molecule has 30 heavy (non-hydrogen) atoms. The van der Waals surface area contributed by atoms with E-state index in [0.29, 0.717) is 34.8 Å². The number of hydrogen-bond acceptors (Lipinski definition) is 1. The molecule has 1 nitrogen and oxygen atoms in total. The summed E-state index contributed by atoms with van der Waals surface area (Å²) < 4.78 is 49.0. The normalized spacial score (nSPS) is 26.7. The molecule has 0 N–H and O–H groups in total. The second-order valence-electron chi connectivity index (χ2n) is 8.04. The van der Waals surface area contributed by atoms with Crippen LogP contribution in [0.3, 0.4) is 0 Å². The van der Waals surface area contributed by atoms with Gasteiger partial charge < -0.3 is 4.74 Å². The van der Waals surface area contributed by atoms with Crippen LogP contribution in [0, 0.1) is 11.7 Å². The fourth-order valence-electron chi connectivity index (χ4n) is 4.07. The van der Waals surface area contributed by atoms with Crippen molar-refractivity contribution in [2.45, 2.75) is 38.2 Å². The highest BCUT2D eigenvalue weighted by Crippen LogP contribution is 2.35. The molecule has 0 radical (unpaired) electrons. The summed E-state index contributed by atoms with van der Waals surface area (Å²) in [5, 5.41) is 0. The van der Waals surface area contributed by atoms with Gasteiger partial charge in [-0.1, -0.05) is 54.6 Å². The van der Waals surface area contributed by atoms with Gasteiger partial charge in [-0.15, -0.1) is 6.58 Å². The van der Waals surface area contributed by atoms with Crippen LogP contribution in [0.25, 0.3) is 16.7 Å². The van der Waals surface area contributed by atoms with E-state index in [0.717, 1.165) is 24.0 Å². The first-order valence-electron chi connectivity index (χ1n) is 10.3. The Kier molecular flexibility index (Phi) is 5.96. The zero-order valence-corrected chi connectivity index (χ0v) is 17.0. The number of alkyl halides is 2. The fraction of sp³-hybridized carbons (Fsp3) is 0.308. The van der Waals surface area contributed by atoms with Crippen LogP contribution in [0.2, 0.25) is 0 Å². The SMILES string of the molecule is C=CC1CCC(c2ccc(-c3ccc(C4=CC=C(C)C(F)C4F)cc3)cc2F)OC1. The van der Waals surface area contributed by atoms with Gasteiger partial charge in [-0.2, -0.15) is 0 Å². The summed E-state index contributed by atoms with van der Waals surface area (Å²) in [5.41, 5.74) is 3.46. The minimum absolute atomic E-state index is 0.234. The summed E-state index contributed by atoms with van der Waals surface area (Å²) in [6.45, 7) is 5.94. The molecule has 1 aliphatic heterocycles. The minimum atomic E-state index is -1.67. The molecule has 4 unspecified atom stereocenters. The van der Waals surface area contributed by atoms with E-state index in [1.807, 2.05) is 24.3 Å². The average Bonchev–Trinajstić information content (AvgIpc) is 2.78. The first-order valence-corrected chi connectivity index (χ1v) is 10.3. The van der Waals surface area contributed by atoms with Crippen molar-refractivity contribution in [1.29, 1.82) is 0 Å². The zero-order chi connectivity index (χ0) is 21.3. The molecule has 0 amide bonds. The van der Waals surface area contributed by atoms with Crippen molar-refractivity contribution in [2.75, 3.05) is 6.61 Å². The highest BCUT2D eigenvalue weighted by molar-refractivity contribution is 5.75. The van der Waals surface area contributed by atoms with Crippen LogP contribution >= 0.6 is 0 Å². The zero-order valence-electron chi connectivity index (χ0n) is 17.0. The number of rotatable bonds is 4. The molecular formula is C26H25F3O. The molecule has 2 aromatic carbocycles. The van der Waals surface area contributed by atoms with E-state index in [4.69, 9.17) is 4.74 Å². The van der Waals surface area contributed by atoms with Crippen molar-refractivity contribution in [3.05, 3.63) is 89.8 Å². The highest BCUT2D eigenvalue weighted by atomic mass is 19.2. The van der Waals surface area contributed by atoms with Gasteiger partial charge in [0.15, 0.2) is 12.3 Å². The standard InChI is InChI=1S/C26H25F3O/c1-3-17-5-13-24(30-15-17)22-12-10-20(14-23(22)27)18-6-8-19(9-7-18)21-11-4-16(2)25(28)26(21)29/h3-4,6-12,14,17,24-26H,1,5,13,15H2,2H3. The van der Waals surface area contributed by atoms with Crippen LogP contribution in [0.15, 0.2) is 72.8 Å². The maximum absolute atomic E-state index is 14.8. The third kappa shape index (κ3) is 4.01. The maximum Gasteiger partial charge on any atom is 0.161 e. The molecule has 156 valence electrons. The Balaban J connectivity index is 1.52. The average molecular weight is 410 g/mol. The molecule has 0 saturated carbocycles. The first kappa shape index (κ1) is 20.7. The Morgan fingerprint density at radius 1 is 0.933 bits per heavy atom. The Morgan fingerprint density at radius 3 is 2.27 bits per heavy atom. The lowest BCUT2D eigenvalue weighted by Gasteiger charge is -2.28. The number of allylic oxidation sites excluding steroid dienone is 4. The van der Waals surface area contributed by atoms with E-state index in [1.54, 1.807) is 37.3 Å². The molecule has 2 aromatic rings. The van der Waals surface area contributed by atoms with Gasteiger partial charge >= 0.3 is 0 Å². The summed E-state index contributed by atoms with van der Waals surface area (Å²) in [6.07, 6.45) is 3.32. The van der Waals surface area contributed by atoms with Crippen molar-refractivity contribution < 1.29 is 17.9 Å². The second kappa shape index (κ2) is 8.65. The van der Waals surface area contributed by atoms with Gasteiger partial charge in [0.25, 0.3) is 0 Å². The van der Waals surface area contributed by atoms with Crippen LogP contribution in [0.4, 0.5) is 13.2 Å². The largest absolute Gasteiger partial charge is 0.373 e. The third-order valence-corrected chi connectivity index (χ3v) is 6.06. The van der Waals surface area contributed by atoms with Crippen molar-refractivity contribution in [3.8, 4) is 11.1 Å².